The Morgan fingerprint density at radius 3 is 2.94 bits per heavy atom. The second kappa shape index (κ2) is 4.71. The fraction of sp³-hybridized carbons (Fsp3) is 0.500. The number of carboxylic acids is 1. The third kappa shape index (κ3) is 2.55. The molecule has 92 valence electrons. The molecule has 0 bridgehead atoms. The van der Waals surface area contributed by atoms with E-state index >= 15 is 0 Å². The summed E-state index contributed by atoms with van der Waals surface area (Å²) >= 11 is 0. The van der Waals surface area contributed by atoms with Gasteiger partial charge in [0.05, 0.1) is 11.7 Å². The van der Waals surface area contributed by atoms with Gasteiger partial charge < -0.3 is 14.7 Å². The molecule has 1 aromatic rings. The van der Waals surface area contributed by atoms with E-state index in [9.17, 15) is 4.79 Å². The fourth-order valence-corrected chi connectivity index (χ4v) is 2.07. The normalized spacial score (nSPS) is 19.6. The highest BCUT2D eigenvalue weighted by Crippen LogP contribution is 2.21. The van der Waals surface area contributed by atoms with E-state index in [1.807, 2.05) is 0 Å². The van der Waals surface area contributed by atoms with Crippen LogP contribution < -0.4 is 4.90 Å². The van der Waals surface area contributed by atoms with E-state index in [0.717, 1.165) is 31.0 Å². The zero-order valence-electron chi connectivity index (χ0n) is 10.0. The quantitative estimate of drug-likeness (QED) is 0.857. The lowest BCUT2D eigenvalue weighted by Crippen LogP contribution is -2.23. The van der Waals surface area contributed by atoms with Crippen LogP contribution in [-0.4, -0.2) is 42.4 Å². The number of anilines is 1. The number of aromatic nitrogens is 1. The smallest absolute Gasteiger partial charge is 0.335 e. The molecule has 17 heavy (non-hydrogen) atoms. The third-order valence-corrected chi connectivity index (χ3v) is 2.99. The number of aryl methyl sites for hydroxylation is 1. The molecule has 0 radical (unpaired) electrons. The number of nitrogens with zero attached hydrogens (tertiary/aromatic N) is 2. The standard InChI is InChI=1S/C12H16N2O3/c1-8-5-9(12(15)16)6-11(13-8)14-4-3-10(7-14)17-2/h5-6,10H,3-4,7H2,1-2H3,(H,15,16). The predicted molar refractivity (Wildman–Crippen MR) is 63.6 cm³/mol. The summed E-state index contributed by atoms with van der Waals surface area (Å²) in [5.41, 5.74) is 1.01. The van der Waals surface area contributed by atoms with Crippen molar-refractivity contribution >= 4 is 11.8 Å². The van der Waals surface area contributed by atoms with Gasteiger partial charge in [0.1, 0.15) is 5.82 Å². The van der Waals surface area contributed by atoms with Crippen LogP contribution in [0, 0.1) is 6.92 Å². The van der Waals surface area contributed by atoms with Gasteiger partial charge in [-0.2, -0.15) is 0 Å². The summed E-state index contributed by atoms with van der Waals surface area (Å²) in [7, 11) is 1.69. The summed E-state index contributed by atoms with van der Waals surface area (Å²) in [6, 6.07) is 3.20. The van der Waals surface area contributed by atoms with Gasteiger partial charge in [0, 0.05) is 25.9 Å². The van der Waals surface area contributed by atoms with Crippen LogP contribution >= 0.6 is 0 Å². The van der Waals surface area contributed by atoms with Crippen molar-refractivity contribution in [2.24, 2.45) is 0 Å². The fourth-order valence-electron chi connectivity index (χ4n) is 2.07. The number of aromatic carboxylic acids is 1. The predicted octanol–water partition coefficient (Wildman–Crippen LogP) is 1.31. The van der Waals surface area contributed by atoms with Crippen LogP contribution in [0.25, 0.3) is 0 Å². The van der Waals surface area contributed by atoms with E-state index in [0.29, 0.717) is 0 Å². The van der Waals surface area contributed by atoms with E-state index in [2.05, 4.69) is 9.88 Å². The van der Waals surface area contributed by atoms with Crippen LogP contribution in [0.15, 0.2) is 12.1 Å². The number of hydrogen-bond acceptors (Lipinski definition) is 4. The van der Waals surface area contributed by atoms with Crippen molar-refractivity contribution in [1.82, 2.24) is 4.98 Å². The summed E-state index contributed by atoms with van der Waals surface area (Å²) < 4.78 is 5.29. The van der Waals surface area contributed by atoms with Crippen LogP contribution in [0.4, 0.5) is 5.82 Å². The van der Waals surface area contributed by atoms with Crippen molar-refractivity contribution in [1.29, 1.82) is 0 Å². The van der Waals surface area contributed by atoms with E-state index in [1.165, 1.54) is 0 Å². The lowest BCUT2D eigenvalue weighted by Gasteiger charge is -2.18. The molecule has 0 amide bonds. The molecule has 2 heterocycles. The van der Waals surface area contributed by atoms with Gasteiger partial charge in [-0.15, -0.1) is 0 Å². The van der Waals surface area contributed by atoms with Crippen molar-refractivity contribution < 1.29 is 14.6 Å². The summed E-state index contributed by atoms with van der Waals surface area (Å²) in [6.07, 6.45) is 1.17. The van der Waals surface area contributed by atoms with E-state index in [4.69, 9.17) is 9.84 Å². The second-order valence-electron chi connectivity index (χ2n) is 4.25. The number of hydrogen-bond donors (Lipinski definition) is 1. The minimum atomic E-state index is -0.917. The molecule has 1 N–H and O–H groups in total. The third-order valence-electron chi connectivity index (χ3n) is 2.99. The molecule has 0 aliphatic carbocycles. The second-order valence-corrected chi connectivity index (χ2v) is 4.25. The maximum Gasteiger partial charge on any atom is 0.335 e. The molecule has 0 aromatic carbocycles. The number of rotatable bonds is 3. The first-order chi connectivity index (χ1) is 8.10. The van der Waals surface area contributed by atoms with Gasteiger partial charge in [0.25, 0.3) is 0 Å². The van der Waals surface area contributed by atoms with Crippen LogP contribution in [-0.2, 0) is 4.74 Å². The lowest BCUT2D eigenvalue weighted by atomic mass is 10.2. The Bertz CT molecular complexity index is 434. The molecule has 5 nitrogen and oxygen atoms in total. The van der Waals surface area contributed by atoms with Gasteiger partial charge in [-0.3, -0.25) is 0 Å². The number of ether oxygens (including phenoxy) is 1. The van der Waals surface area contributed by atoms with E-state index in [-0.39, 0.29) is 11.7 Å². The summed E-state index contributed by atoms with van der Waals surface area (Å²) in [4.78, 5) is 17.4. The van der Waals surface area contributed by atoms with E-state index < -0.39 is 5.97 Å². The highest BCUT2D eigenvalue weighted by atomic mass is 16.5. The largest absolute Gasteiger partial charge is 0.478 e. The lowest BCUT2D eigenvalue weighted by molar-refractivity contribution is 0.0696. The minimum absolute atomic E-state index is 0.214. The van der Waals surface area contributed by atoms with E-state index in [1.54, 1.807) is 26.2 Å². The zero-order valence-corrected chi connectivity index (χ0v) is 10.0. The average Bonchev–Trinajstić information content (AvgIpc) is 2.76. The van der Waals surface area contributed by atoms with Gasteiger partial charge in [0.15, 0.2) is 0 Å². The Labute approximate surface area is 100 Å². The molecule has 2 rings (SSSR count). The summed E-state index contributed by atoms with van der Waals surface area (Å²) in [6.45, 7) is 3.43. The maximum absolute atomic E-state index is 11.0. The minimum Gasteiger partial charge on any atom is -0.478 e. The summed E-state index contributed by atoms with van der Waals surface area (Å²) in [5.74, 6) is -0.193. The molecule has 1 aliphatic heterocycles. The Hall–Kier alpha value is -1.62. The Morgan fingerprint density at radius 1 is 1.59 bits per heavy atom. The van der Waals surface area contributed by atoms with Crippen molar-refractivity contribution in [2.75, 3.05) is 25.1 Å². The molecule has 1 aliphatic rings. The average molecular weight is 236 g/mol. The molecule has 0 saturated carbocycles. The SMILES string of the molecule is COC1CCN(c2cc(C(=O)O)cc(C)n2)C1. The monoisotopic (exact) mass is 236 g/mol. The first-order valence-electron chi connectivity index (χ1n) is 5.60. The van der Waals surface area contributed by atoms with Gasteiger partial charge >= 0.3 is 5.97 Å². The highest BCUT2D eigenvalue weighted by molar-refractivity contribution is 5.88. The molecule has 0 spiro atoms. The van der Waals surface area contributed by atoms with Crippen LogP contribution in [0.2, 0.25) is 0 Å². The number of carboxylic acid groups (broad SMARTS) is 1. The Kier molecular flexibility index (Phi) is 3.28. The molecule has 1 atom stereocenters. The Balaban J connectivity index is 2.24. The molecule has 1 fully saturated rings. The number of pyridine rings is 1. The maximum atomic E-state index is 11.0. The van der Waals surface area contributed by atoms with Crippen LogP contribution in [0.5, 0.6) is 0 Å². The molecule has 1 unspecified atom stereocenters. The molecule has 1 saturated heterocycles. The van der Waals surface area contributed by atoms with Crippen LogP contribution in [0.3, 0.4) is 0 Å². The van der Waals surface area contributed by atoms with Gasteiger partial charge in [-0.1, -0.05) is 0 Å². The number of carbonyl (C=O) groups is 1. The Morgan fingerprint density at radius 2 is 2.35 bits per heavy atom. The highest BCUT2D eigenvalue weighted by Gasteiger charge is 2.23. The van der Waals surface area contributed by atoms with Gasteiger partial charge in [-0.25, -0.2) is 9.78 Å². The van der Waals surface area contributed by atoms with Crippen molar-refractivity contribution in [2.45, 2.75) is 19.4 Å². The number of methoxy groups -OCH3 is 1. The van der Waals surface area contributed by atoms with Crippen molar-refractivity contribution in [3.63, 3.8) is 0 Å². The van der Waals surface area contributed by atoms with Gasteiger partial charge in [0.2, 0.25) is 0 Å². The summed E-state index contributed by atoms with van der Waals surface area (Å²) in [5, 5.41) is 9.00. The van der Waals surface area contributed by atoms with Crippen molar-refractivity contribution in [3.8, 4) is 0 Å². The molecule has 1 aromatic heterocycles. The first kappa shape index (κ1) is 11.9. The van der Waals surface area contributed by atoms with Crippen molar-refractivity contribution in [3.05, 3.63) is 23.4 Å². The zero-order chi connectivity index (χ0) is 12.4. The van der Waals surface area contributed by atoms with Gasteiger partial charge in [-0.05, 0) is 25.5 Å². The molecular weight excluding hydrogens is 220 g/mol. The topological polar surface area (TPSA) is 62.7 Å². The first-order valence-corrected chi connectivity index (χ1v) is 5.60. The molecular formula is C12H16N2O3. The molecule has 5 heteroatoms. The van der Waals surface area contributed by atoms with Crippen LogP contribution in [0.1, 0.15) is 22.5 Å².